The molecule has 0 spiro atoms. The van der Waals surface area contributed by atoms with Crippen molar-refractivity contribution in [3.8, 4) is 17.1 Å². The average molecular weight is 541 g/mol. The van der Waals surface area contributed by atoms with E-state index in [4.69, 9.17) is 5.11 Å². The minimum atomic E-state index is -3.78. The summed E-state index contributed by atoms with van der Waals surface area (Å²) in [6, 6.07) is 18.8. The van der Waals surface area contributed by atoms with Gasteiger partial charge in [0.25, 0.3) is 0 Å². The highest BCUT2D eigenvalue weighted by molar-refractivity contribution is 7.98. The van der Waals surface area contributed by atoms with Gasteiger partial charge in [-0.15, -0.1) is 14.9 Å². The average Bonchev–Trinajstić information content (AvgIpc) is 3.26. The molecule has 0 bridgehead atoms. The van der Waals surface area contributed by atoms with Gasteiger partial charge in [-0.1, -0.05) is 40.2 Å². The van der Waals surface area contributed by atoms with Gasteiger partial charge in [0, 0.05) is 23.1 Å². The van der Waals surface area contributed by atoms with Gasteiger partial charge >= 0.3 is 5.97 Å². The van der Waals surface area contributed by atoms with Crippen molar-refractivity contribution in [1.82, 2.24) is 19.5 Å². The smallest absolute Gasteiger partial charge is 0.335 e. The molecule has 3 aromatic carbocycles. The highest BCUT2D eigenvalue weighted by Gasteiger charge is 2.28. The number of hydrogen-bond acceptors (Lipinski definition) is 6. The van der Waals surface area contributed by atoms with Gasteiger partial charge in [-0.2, -0.15) is 0 Å². The van der Waals surface area contributed by atoms with Crippen LogP contribution in [-0.2, 0) is 20.4 Å². The molecule has 8 nitrogen and oxygen atoms in total. The quantitative estimate of drug-likeness (QED) is 0.228. The lowest BCUT2D eigenvalue weighted by atomic mass is 10.1. The zero-order valence-corrected chi connectivity index (χ0v) is 22.0. The molecule has 0 saturated carbocycles. The van der Waals surface area contributed by atoms with Crippen molar-refractivity contribution in [3.05, 3.63) is 89.7 Å². The number of nitrogens with one attached hydrogen (secondary N) is 1. The van der Waals surface area contributed by atoms with Crippen molar-refractivity contribution < 1.29 is 23.1 Å². The summed E-state index contributed by atoms with van der Waals surface area (Å²) in [6.45, 7) is 5.29. The molecule has 1 aromatic heterocycles. The highest BCUT2D eigenvalue weighted by atomic mass is 32.3. The lowest BCUT2D eigenvalue weighted by Crippen LogP contribution is -2.44. The maximum atomic E-state index is 13.7. The third-order valence-corrected chi connectivity index (χ3v) is 7.89. The second-order valence-electron chi connectivity index (χ2n) is 9.29. The van der Waals surface area contributed by atoms with E-state index in [1.807, 2.05) is 0 Å². The molecule has 2 N–H and O–H groups in total. The number of aromatic nitrogens is 3. The van der Waals surface area contributed by atoms with Gasteiger partial charge in [0.05, 0.1) is 11.1 Å². The van der Waals surface area contributed by atoms with Crippen LogP contribution in [-0.4, -0.2) is 35.9 Å². The fraction of sp³-hybridized carbons (Fsp3) is 0.192. The molecule has 0 saturated heterocycles. The summed E-state index contributed by atoms with van der Waals surface area (Å²) in [5.41, 5.74) is 1.54. The molecule has 0 aliphatic carbocycles. The first-order valence-corrected chi connectivity index (χ1v) is 13.7. The fourth-order valence-corrected chi connectivity index (χ4v) is 5.90. The number of aromatic carboxylic acids is 1. The molecule has 192 valence electrons. The van der Waals surface area contributed by atoms with Crippen LogP contribution < -0.4 is 4.72 Å². The zero-order valence-electron chi connectivity index (χ0n) is 20.3. The predicted octanol–water partition coefficient (Wildman–Crippen LogP) is 5.36. The standard InChI is InChI=1S/C26H25FN4O4S2/c1-26(2,3)30-37(34,35)22-6-4-5-19(15-22)23-28-29-25(31(23)21-13-11-20(27)12-14-21)36-16-17-7-9-18(10-8-17)24(32)33/h4-15H,16H2,1-3H3,(H2-,30,32,33,34,35). The van der Waals surface area contributed by atoms with E-state index in [2.05, 4.69) is 14.9 Å². The number of hydrogen-bond donors (Lipinski definition) is 2. The summed E-state index contributed by atoms with van der Waals surface area (Å²) in [7, 11) is -3.78. The van der Waals surface area contributed by atoms with Crippen LogP contribution in [0.1, 0.15) is 36.7 Å². The maximum Gasteiger partial charge on any atom is 0.335 e. The molecule has 0 amide bonds. The summed E-state index contributed by atoms with van der Waals surface area (Å²) in [4.78, 5) is 11.2. The Morgan fingerprint density at radius 1 is 1.08 bits per heavy atom. The normalized spacial score (nSPS) is 13.3. The largest absolute Gasteiger partial charge is 0.593 e. The van der Waals surface area contributed by atoms with Crippen LogP contribution in [0, 0.1) is 5.82 Å². The first kappa shape index (κ1) is 26.7. The molecule has 0 aliphatic rings. The Morgan fingerprint density at radius 2 is 1.76 bits per heavy atom. The van der Waals surface area contributed by atoms with Gasteiger partial charge in [-0.25, -0.2) is 9.18 Å². The third kappa shape index (κ3) is 6.50. The van der Waals surface area contributed by atoms with Crippen LogP contribution in [0.2, 0.25) is 0 Å². The topological polar surface area (TPSA) is 120 Å². The second-order valence-corrected chi connectivity index (χ2v) is 11.9. The Labute approximate surface area is 219 Å². The van der Waals surface area contributed by atoms with Gasteiger partial charge in [0.15, 0.2) is 26.3 Å². The van der Waals surface area contributed by atoms with Crippen LogP contribution in [0.3, 0.4) is 0 Å². The minimum absolute atomic E-state index is 0.0845. The summed E-state index contributed by atoms with van der Waals surface area (Å²) in [5, 5.41) is 18.3. The molecule has 0 fully saturated rings. The van der Waals surface area contributed by atoms with E-state index in [0.29, 0.717) is 28.0 Å². The number of sulfonamides is 1. The molecular weight excluding hydrogens is 515 g/mol. The number of carbonyl (C=O) groups is 1. The number of carboxylic acids is 1. The van der Waals surface area contributed by atoms with Gasteiger partial charge in [-0.3, -0.25) is 4.57 Å². The van der Waals surface area contributed by atoms with Crippen LogP contribution in [0.15, 0.2) is 82.8 Å². The SMILES string of the molecule is CC(C)(C)N[S+](=O)([O-])c1cccc(-c2nnc(SCc3ccc(C(=O)O)cc3)n2-c2ccc(F)cc2)c1. The lowest BCUT2D eigenvalue weighted by Gasteiger charge is -2.24. The van der Waals surface area contributed by atoms with Crippen molar-refractivity contribution in [1.29, 1.82) is 0 Å². The molecule has 37 heavy (non-hydrogen) atoms. The van der Waals surface area contributed by atoms with Crippen LogP contribution >= 0.6 is 11.8 Å². The predicted molar refractivity (Wildman–Crippen MR) is 140 cm³/mol. The molecule has 1 unspecified atom stereocenters. The Kier molecular flexibility index (Phi) is 7.60. The highest BCUT2D eigenvalue weighted by Crippen LogP contribution is 2.31. The van der Waals surface area contributed by atoms with Gasteiger partial charge in [0.1, 0.15) is 5.82 Å². The zero-order chi connectivity index (χ0) is 26.8. The van der Waals surface area contributed by atoms with E-state index in [1.54, 1.807) is 61.7 Å². The van der Waals surface area contributed by atoms with Crippen molar-refractivity contribution in [3.63, 3.8) is 0 Å². The van der Waals surface area contributed by atoms with E-state index >= 15 is 0 Å². The van der Waals surface area contributed by atoms with Crippen molar-refractivity contribution in [2.24, 2.45) is 0 Å². The second kappa shape index (κ2) is 10.5. The van der Waals surface area contributed by atoms with E-state index in [0.717, 1.165) is 5.56 Å². The summed E-state index contributed by atoms with van der Waals surface area (Å²) < 4.78 is 43.9. The Morgan fingerprint density at radius 3 is 2.38 bits per heavy atom. The molecule has 0 radical (unpaired) electrons. The van der Waals surface area contributed by atoms with Crippen molar-refractivity contribution in [2.75, 3.05) is 0 Å². The lowest BCUT2D eigenvalue weighted by molar-refractivity contribution is 0.0697. The Bertz CT molecular complexity index is 1470. The molecule has 4 aromatic rings. The van der Waals surface area contributed by atoms with Crippen LogP contribution in [0.5, 0.6) is 0 Å². The number of nitrogens with zero attached hydrogens (tertiary/aromatic N) is 3. The van der Waals surface area contributed by atoms with Crippen LogP contribution in [0.4, 0.5) is 4.39 Å². The molecule has 0 aliphatic heterocycles. The number of thioether (sulfide) groups is 1. The monoisotopic (exact) mass is 540 g/mol. The molecule has 1 heterocycles. The summed E-state index contributed by atoms with van der Waals surface area (Å²) >= 11 is 1.36. The third-order valence-electron chi connectivity index (χ3n) is 5.13. The van der Waals surface area contributed by atoms with Gasteiger partial charge in [-0.05, 0) is 68.8 Å². The summed E-state index contributed by atoms with van der Waals surface area (Å²) in [5.74, 6) is -0.527. The van der Waals surface area contributed by atoms with Crippen LogP contribution in [0.25, 0.3) is 17.1 Å². The Hall–Kier alpha value is -3.38. The molecular formula is C26H25FN4O4S2. The Balaban J connectivity index is 1.72. The molecule has 11 heteroatoms. The van der Waals surface area contributed by atoms with E-state index in [-0.39, 0.29) is 10.5 Å². The number of carboxylic acid groups (broad SMARTS) is 1. The number of benzene rings is 3. The van der Waals surface area contributed by atoms with Crippen molar-refractivity contribution >= 4 is 28.1 Å². The first-order chi connectivity index (χ1) is 17.4. The first-order valence-electron chi connectivity index (χ1n) is 11.2. The van der Waals surface area contributed by atoms with Crippen molar-refractivity contribution in [2.45, 2.75) is 42.1 Å². The molecule has 4 rings (SSSR count). The number of rotatable bonds is 8. The van der Waals surface area contributed by atoms with E-state index in [9.17, 15) is 17.9 Å². The fourth-order valence-electron chi connectivity index (χ4n) is 3.53. The minimum Gasteiger partial charge on any atom is -0.593 e. The van der Waals surface area contributed by atoms with E-state index in [1.165, 1.54) is 48.2 Å². The van der Waals surface area contributed by atoms with Gasteiger partial charge < -0.3 is 9.66 Å². The molecule has 1 atom stereocenters. The summed E-state index contributed by atoms with van der Waals surface area (Å²) in [6.07, 6.45) is 0. The van der Waals surface area contributed by atoms with E-state index < -0.39 is 27.7 Å². The maximum absolute atomic E-state index is 13.7. The number of halogens is 1. The van der Waals surface area contributed by atoms with Gasteiger partial charge in [0.2, 0.25) is 0 Å².